The molecule has 2 N–H and O–H groups in total. The Kier molecular flexibility index (Phi) is 6.98. The number of ether oxygens (including phenoxy) is 2. The molecule has 0 spiro atoms. The van der Waals surface area contributed by atoms with Crippen molar-refractivity contribution in [3.05, 3.63) is 57.6 Å². The number of aromatic nitrogens is 2. The molecule has 3 heterocycles. The quantitative estimate of drug-likeness (QED) is 0.414. The number of rotatable bonds is 6. The van der Waals surface area contributed by atoms with Crippen molar-refractivity contribution in [1.29, 1.82) is 0 Å². The van der Waals surface area contributed by atoms with Crippen LogP contribution < -0.4 is 15.4 Å². The molecular formula is C24H25F3N4O4S. The highest BCUT2D eigenvalue weighted by molar-refractivity contribution is 7.16. The van der Waals surface area contributed by atoms with Crippen molar-refractivity contribution in [3.8, 4) is 5.75 Å². The van der Waals surface area contributed by atoms with Gasteiger partial charge < -0.3 is 20.1 Å². The van der Waals surface area contributed by atoms with E-state index in [1.807, 2.05) is 13.8 Å². The third-order valence-electron chi connectivity index (χ3n) is 6.12. The number of alkyl halides is 3. The maximum Gasteiger partial charge on any atom is 0.410 e. The molecule has 8 nitrogen and oxygen atoms in total. The Labute approximate surface area is 209 Å². The number of hydrogen-bond acceptors (Lipinski definition) is 7. The number of benzene rings is 1. The van der Waals surface area contributed by atoms with E-state index in [0.29, 0.717) is 17.7 Å². The fraction of sp³-hybridized carbons (Fsp3) is 0.375. The number of amides is 1. The van der Waals surface area contributed by atoms with E-state index in [4.69, 9.17) is 9.47 Å². The van der Waals surface area contributed by atoms with Gasteiger partial charge in [0.05, 0.1) is 25.8 Å². The molecule has 2 atom stereocenters. The van der Waals surface area contributed by atoms with Crippen LogP contribution in [0.3, 0.4) is 0 Å². The van der Waals surface area contributed by atoms with E-state index < -0.39 is 30.1 Å². The molecule has 192 valence electrons. The first-order valence-corrected chi connectivity index (χ1v) is 12.0. The number of hydrogen-bond donors (Lipinski definition) is 2. The van der Waals surface area contributed by atoms with E-state index in [0.717, 1.165) is 15.1 Å². The summed E-state index contributed by atoms with van der Waals surface area (Å²) in [4.78, 5) is 26.2. The zero-order valence-electron chi connectivity index (χ0n) is 20.0. The molecule has 0 bridgehead atoms. The Hall–Kier alpha value is -3.54. The molecule has 1 aromatic carbocycles. The smallest absolute Gasteiger partial charge is 0.410 e. The number of carbonyl (C=O) groups is 2. The van der Waals surface area contributed by atoms with Crippen molar-refractivity contribution in [2.45, 2.75) is 44.9 Å². The Balaban J connectivity index is 1.65. The van der Waals surface area contributed by atoms with E-state index >= 15 is 0 Å². The number of halogens is 3. The molecule has 1 amide bonds. The monoisotopic (exact) mass is 522 g/mol. The van der Waals surface area contributed by atoms with Gasteiger partial charge in [0, 0.05) is 17.4 Å². The number of carbonyl (C=O) groups excluding carboxylic acids is 2. The Bertz CT molecular complexity index is 1280. The van der Waals surface area contributed by atoms with Gasteiger partial charge in [-0.1, -0.05) is 19.1 Å². The van der Waals surface area contributed by atoms with Crippen LogP contribution in [-0.4, -0.2) is 42.1 Å². The average molecular weight is 523 g/mol. The van der Waals surface area contributed by atoms with Gasteiger partial charge >= 0.3 is 12.1 Å². The normalized spacial score (nSPS) is 17.2. The van der Waals surface area contributed by atoms with Gasteiger partial charge in [-0.2, -0.15) is 18.3 Å². The minimum Gasteiger partial charge on any atom is -0.497 e. The maximum atomic E-state index is 14.0. The van der Waals surface area contributed by atoms with Crippen LogP contribution in [0.1, 0.15) is 62.3 Å². The largest absolute Gasteiger partial charge is 0.497 e. The molecule has 1 aliphatic rings. The van der Waals surface area contributed by atoms with Crippen LogP contribution in [0.15, 0.2) is 30.3 Å². The standard InChI is InChI=1S/C24H25F3N4O4S/c1-5-15-12(2)36-22(20(15)23(33)35-4)29-21(32)17-11-19-28-16(13-6-8-14(34-3)9-7-13)10-18(24(25,26)27)31(19)30-17/h6-9,11,16,18,28H,5,10H2,1-4H3,(H,29,32)/t16-,18+/m0/s1. The van der Waals surface area contributed by atoms with Crippen LogP contribution >= 0.6 is 11.3 Å². The summed E-state index contributed by atoms with van der Waals surface area (Å²) in [7, 11) is 2.75. The molecule has 3 aromatic rings. The molecule has 2 aromatic heterocycles. The summed E-state index contributed by atoms with van der Waals surface area (Å²) in [6, 6.07) is 5.45. The van der Waals surface area contributed by atoms with E-state index in [1.54, 1.807) is 24.3 Å². The fourth-order valence-electron chi connectivity index (χ4n) is 4.32. The van der Waals surface area contributed by atoms with Gasteiger partial charge in [-0.15, -0.1) is 11.3 Å². The van der Waals surface area contributed by atoms with E-state index in [9.17, 15) is 22.8 Å². The van der Waals surface area contributed by atoms with Crippen LogP contribution in [-0.2, 0) is 11.2 Å². The molecule has 1 aliphatic heterocycles. The third kappa shape index (κ3) is 4.77. The molecular weight excluding hydrogens is 497 g/mol. The third-order valence-corrected chi connectivity index (χ3v) is 7.18. The summed E-state index contributed by atoms with van der Waals surface area (Å²) in [5, 5.41) is 9.95. The van der Waals surface area contributed by atoms with Gasteiger partial charge in [0.25, 0.3) is 5.91 Å². The zero-order valence-corrected chi connectivity index (χ0v) is 20.8. The molecule has 4 rings (SSSR count). The van der Waals surface area contributed by atoms with Gasteiger partial charge in [0.15, 0.2) is 11.7 Å². The Morgan fingerprint density at radius 2 is 1.94 bits per heavy atom. The lowest BCUT2D eigenvalue weighted by atomic mass is 9.97. The first-order chi connectivity index (χ1) is 17.1. The lowest BCUT2D eigenvalue weighted by Gasteiger charge is -2.33. The number of esters is 1. The molecule has 36 heavy (non-hydrogen) atoms. The van der Waals surface area contributed by atoms with Crippen molar-refractivity contribution in [3.63, 3.8) is 0 Å². The summed E-state index contributed by atoms with van der Waals surface area (Å²) in [5.74, 6) is -0.668. The number of anilines is 2. The predicted molar refractivity (Wildman–Crippen MR) is 129 cm³/mol. The number of fused-ring (bicyclic) bond motifs is 1. The van der Waals surface area contributed by atoms with E-state index in [-0.39, 0.29) is 28.5 Å². The predicted octanol–water partition coefficient (Wildman–Crippen LogP) is 5.52. The number of nitrogens with zero attached hydrogens (tertiary/aromatic N) is 2. The highest BCUT2D eigenvalue weighted by Crippen LogP contribution is 2.44. The van der Waals surface area contributed by atoms with Crippen molar-refractivity contribution in [1.82, 2.24) is 9.78 Å². The van der Waals surface area contributed by atoms with Crippen LogP contribution in [0.5, 0.6) is 5.75 Å². The van der Waals surface area contributed by atoms with Crippen molar-refractivity contribution in [2.75, 3.05) is 24.9 Å². The number of nitrogens with one attached hydrogen (secondary N) is 2. The highest BCUT2D eigenvalue weighted by Gasteiger charge is 2.47. The molecule has 0 saturated carbocycles. The average Bonchev–Trinajstić information content (AvgIpc) is 3.42. The van der Waals surface area contributed by atoms with Crippen LogP contribution in [0.4, 0.5) is 24.0 Å². The molecule has 12 heteroatoms. The van der Waals surface area contributed by atoms with Crippen LogP contribution in [0, 0.1) is 6.92 Å². The maximum absolute atomic E-state index is 14.0. The summed E-state index contributed by atoms with van der Waals surface area (Å²) < 4.78 is 52.8. The summed E-state index contributed by atoms with van der Waals surface area (Å²) >= 11 is 1.20. The molecule has 0 unspecified atom stereocenters. The fourth-order valence-corrected chi connectivity index (χ4v) is 5.45. The second kappa shape index (κ2) is 9.84. The number of thiophene rings is 1. The minimum atomic E-state index is -4.58. The van der Waals surface area contributed by atoms with Crippen LogP contribution in [0.25, 0.3) is 0 Å². The van der Waals surface area contributed by atoms with E-state index in [2.05, 4.69) is 15.7 Å². The van der Waals surface area contributed by atoms with Gasteiger partial charge in [-0.25, -0.2) is 9.48 Å². The SMILES string of the molecule is CCc1c(C)sc(NC(=O)c2cc3n(n2)[C@@H](C(F)(F)F)C[C@@H](c2ccc(OC)cc2)N3)c1C(=O)OC. The second-order valence-electron chi connectivity index (χ2n) is 8.26. The molecule has 0 radical (unpaired) electrons. The van der Waals surface area contributed by atoms with Gasteiger partial charge in [0.2, 0.25) is 0 Å². The second-order valence-corrected chi connectivity index (χ2v) is 9.49. The van der Waals surface area contributed by atoms with Crippen molar-refractivity contribution in [2.24, 2.45) is 0 Å². The summed E-state index contributed by atoms with van der Waals surface area (Å²) in [6.45, 7) is 3.69. The van der Waals surface area contributed by atoms with Gasteiger partial charge in [0.1, 0.15) is 16.6 Å². The zero-order chi connectivity index (χ0) is 26.2. The topological polar surface area (TPSA) is 94.5 Å². The van der Waals surface area contributed by atoms with Crippen molar-refractivity contribution < 1.29 is 32.2 Å². The van der Waals surface area contributed by atoms with E-state index in [1.165, 1.54) is 31.6 Å². The van der Waals surface area contributed by atoms with Crippen molar-refractivity contribution >= 4 is 34.0 Å². The van der Waals surface area contributed by atoms with Gasteiger partial charge in [-0.05, 0) is 36.6 Å². The number of methoxy groups -OCH3 is 2. The Morgan fingerprint density at radius 1 is 1.25 bits per heavy atom. The van der Waals surface area contributed by atoms with Gasteiger partial charge in [-0.3, -0.25) is 4.79 Å². The first-order valence-electron chi connectivity index (χ1n) is 11.2. The summed E-state index contributed by atoms with van der Waals surface area (Å²) in [6.07, 6.45) is -4.34. The Morgan fingerprint density at radius 3 is 2.53 bits per heavy atom. The highest BCUT2D eigenvalue weighted by atomic mass is 32.1. The number of aryl methyl sites for hydroxylation is 1. The van der Waals surface area contributed by atoms with Crippen LogP contribution in [0.2, 0.25) is 0 Å². The minimum absolute atomic E-state index is 0.0688. The molecule has 0 fully saturated rings. The molecule has 0 aliphatic carbocycles. The first kappa shape index (κ1) is 25.5. The lowest BCUT2D eigenvalue weighted by Crippen LogP contribution is -2.35. The molecule has 0 saturated heterocycles. The summed E-state index contributed by atoms with van der Waals surface area (Å²) in [5.41, 5.74) is 1.42. The lowest BCUT2D eigenvalue weighted by molar-refractivity contribution is -0.173.